The smallest absolute Gasteiger partial charge is 0.253 e. The number of aromatic nitrogens is 1. The maximum Gasteiger partial charge on any atom is 0.253 e. The molecular weight excluding hydrogens is 502 g/mol. The van der Waals surface area contributed by atoms with Crippen molar-refractivity contribution >= 4 is 17.6 Å². The number of rotatable bonds is 7. The highest BCUT2D eigenvalue weighted by Crippen LogP contribution is 2.34. The minimum absolute atomic E-state index is 0.00105. The van der Waals surface area contributed by atoms with Gasteiger partial charge in [-0.2, -0.15) is 5.26 Å². The van der Waals surface area contributed by atoms with Crippen molar-refractivity contribution in [3.63, 3.8) is 0 Å². The lowest BCUT2D eigenvalue weighted by molar-refractivity contribution is -0.0551. The molecule has 1 saturated heterocycles. The van der Waals surface area contributed by atoms with E-state index in [-0.39, 0.29) is 23.8 Å². The number of methoxy groups -OCH3 is 1. The van der Waals surface area contributed by atoms with Crippen LogP contribution in [0.3, 0.4) is 0 Å². The SMILES string of the molecule is COc1cc(C(=O)N(C)C)ccc1/C(C)=C/c1nccc(-c2ccc(OC3[C@H](C)COC[C@@H]3C)c(C#N)c2)c1C. The molecule has 4 rings (SSSR count). The largest absolute Gasteiger partial charge is 0.496 e. The number of hydrogen-bond donors (Lipinski definition) is 0. The highest BCUT2D eigenvalue weighted by molar-refractivity contribution is 5.95. The van der Waals surface area contributed by atoms with E-state index in [1.807, 2.05) is 56.3 Å². The van der Waals surface area contributed by atoms with Gasteiger partial charge in [-0.1, -0.05) is 26.0 Å². The standard InChI is InChI=1S/C33H37N3O4/c1-20(27-10-8-25(16-31(27)38-7)33(37)36(5)6)14-29-23(4)28(12-13-35-29)24-9-11-30(26(15-24)17-34)40-32-21(2)18-39-19-22(32)3/h8-16,21-22,32H,18-19H2,1-7H3/b20-14+/t21-,22+,32?. The van der Waals surface area contributed by atoms with Crippen LogP contribution in [0.1, 0.15) is 53.5 Å². The van der Waals surface area contributed by atoms with Gasteiger partial charge in [0, 0.05) is 43.3 Å². The van der Waals surface area contributed by atoms with Crippen molar-refractivity contribution in [2.75, 3.05) is 34.4 Å². The lowest BCUT2D eigenvalue weighted by atomic mass is 9.92. The van der Waals surface area contributed by atoms with Gasteiger partial charge in [-0.25, -0.2) is 0 Å². The number of ether oxygens (including phenoxy) is 3. The van der Waals surface area contributed by atoms with Crippen molar-refractivity contribution < 1.29 is 19.0 Å². The molecule has 2 heterocycles. The minimum atomic E-state index is -0.0818. The average Bonchev–Trinajstić information content (AvgIpc) is 2.95. The predicted octanol–water partition coefficient (Wildman–Crippen LogP) is 6.25. The van der Waals surface area contributed by atoms with Crippen LogP contribution in [0, 0.1) is 30.1 Å². The molecule has 0 N–H and O–H groups in total. The zero-order valence-corrected chi connectivity index (χ0v) is 24.3. The van der Waals surface area contributed by atoms with Gasteiger partial charge < -0.3 is 19.1 Å². The van der Waals surface area contributed by atoms with Crippen LogP contribution in [-0.2, 0) is 4.74 Å². The number of amides is 1. The zero-order chi connectivity index (χ0) is 29.0. The molecule has 0 saturated carbocycles. The van der Waals surface area contributed by atoms with Crippen molar-refractivity contribution in [3.8, 4) is 28.7 Å². The first-order valence-corrected chi connectivity index (χ1v) is 13.5. The lowest BCUT2D eigenvalue weighted by Gasteiger charge is -2.34. The third-order valence-electron chi connectivity index (χ3n) is 7.43. The van der Waals surface area contributed by atoms with E-state index in [2.05, 4.69) is 24.9 Å². The van der Waals surface area contributed by atoms with E-state index in [0.717, 1.165) is 33.5 Å². The van der Waals surface area contributed by atoms with Gasteiger partial charge in [-0.05, 0) is 72.5 Å². The molecule has 1 aliphatic heterocycles. The number of allylic oxidation sites excluding steroid dienone is 1. The predicted molar refractivity (Wildman–Crippen MR) is 157 cm³/mol. The monoisotopic (exact) mass is 539 g/mol. The quantitative estimate of drug-likeness (QED) is 0.353. The Labute approximate surface area is 237 Å². The third-order valence-corrected chi connectivity index (χ3v) is 7.43. The van der Waals surface area contributed by atoms with Crippen LogP contribution in [0.4, 0.5) is 0 Å². The Morgan fingerprint density at radius 2 is 1.82 bits per heavy atom. The highest BCUT2D eigenvalue weighted by Gasteiger charge is 2.31. The molecule has 40 heavy (non-hydrogen) atoms. The molecule has 1 unspecified atom stereocenters. The number of carbonyl (C=O) groups excluding carboxylic acids is 1. The number of hydrogen-bond acceptors (Lipinski definition) is 6. The van der Waals surface area contributed by atoms with Crippen molar-refractivity contribution in [1.29, 1.82) is 5.26 Å². The number of benzene rings is 2. The van der Waals surface area contributed by atoms with E-state index in [1.54, 1.807) is 33.5 Å². The van der Waals surface area contributed by atoms with E-state index >= 15 is 0 Å². The summed E-state index contributed by atoms with van der Waals surface area (Å²) in [5.41, 5.74) is 6.63. The summed E-state index contributed by atoms with van der Waals surface area (Å²) in [5.74, 6) is 1.64. The summed E-state index contributed by atoms with van der Waals surface area (Å²) in [6, 6.07) is 15.5. The molecule has 1 aromatic heterocycles. The molecule has 0 spiro atoms. The van der Waals surface area contributed by atoms with Crippen molar-refractivity contribution in [2.45, 2.75) is 33.8 Å². The van der Waals surface area contributed by atoms with Crippen molar-refractivity contribution in [2.24, 2.45) is 11.8 Å². The number of nitriles is 1. The summed E-state index contributed by atoms with van der Waals surface area (Å²) >= 11 is 0. The van der Waals surface area contributed by atoms with Crippen LogP contribution >= 0.6 is 0 Å². The summed E-state index contributed by atoms with van der Waals surface area (Å²) in [6.45, 7) is 9.57. The normalized spacial score (nSPS) is 19.1. The van der Waals surface area contributed by atoms with Gasteiger partial charge in [0.05, 0.1) is 31.6 Å². The minimum Gasteiger partial charge on any atom is -0.496 e. The van der Waals surface area contributed by atoms with E-state index in [1.165, 1.54) is 4.90 Å². The first-order valence-electron chi connectivity index (χ1n) is 13.5. The van der Waals surface area contributed by atoms with Gasteiger partial charge in [-0.3, -0.25) is 9.78 Å². The fraction of sp³-hybridized carbons (Fsp3) is 0.364. The Bertz CT molecular complexity index is 1460. The molecule has 2 aromatic carbocycles. The maximum atomic E-state index is 12.4. The van der Waals surface area contributed by atoms with E-state index in [0.29, 0.717) is 35.8 Å². The second-order valence-electron chi connectivity index (χ2n) is 10.7. The van der Waals surface area contributed by atoms with Crippen LogP contribution in [0.25, 0.3) is 22.8 Å². The number of nitrogens with zero attached hydrogens (tertiary/aromatic N) is 3. The van der Waals surface area contributed by atoms with Crippen LogP contribution in [0.2, 0.25) is 0 Å². The second kappa shape index (κ2) is 12.4. The highest BCUT2D eigenvalue weighted by atomic mass is 16.5. The van der Waals surface area contributed by atoms with Gasteiger partial charge in [0.25, 0.3) is 5.91 Å². The van der Waals surface area contributed by atoms with Crippen molar-refractivity contribution in [1.82, 2.24) is 9.88 Å². The molecule has 7 nitrogen and oxygen atoms in total. The van der Waals surface area contributed by atoms with Crippen LogP contribution in [-0.4, -0.2) is 56.3 Å². The third kappa shape index (κ3) is 6.03. The average molecular weight is 540 g/mol. The summed E-state index contributed by atoms with van der Waals surface area (Å²) in [7, 11) is 5.05. The van der Waals surface area contributed by atoms with E-state index < -0.39 is 0 Å². The van der Waals surface area contributed by atoms with Crippen molar-refractivity contribution in [3.05, 3.63) is 76.6 Å². The Morgan fingerprint density at radius 3 is 2.48 bits per heavy atom. The number of carbonyl (C=O) groups is 1. The number of pyridine rings is 1. The second-order valence-corrected chi connectivity index (χ2v) is 10.7. The first kappa shape index (κ1) is 28.8. The molecule has 3 atom stereocenters. The van der Waals surface area contributed by atoms with Gasteiger partial charge >= 0.3 is 0 Å². The summed E-state index contributed by atoms with van der Waals surface area (Å²) in [4.78, 5) is 18.6. The molecular formula is C33H37N3O4. The summed E-state index contributed by atoms with van der Waals surface area (Å²) < 4.78 is 17.6. The van der Waals surface area contributed by atoms with Gasteiger partial charge in [0.2, 0.25) is 0 Å². The van der Waals surface area contributed by atoms with Gasteiger partial charge in [0.15, 0.2) is 0 Å². The van der Waals surface area contributed by atoms with Gasteiger partial charge in [-0.15, -0.1) is 0 Å². The molecule has 3 aromatic rings. The van der Waals surface area contributed by atoms with Crippen LogP contribution in [0.15, 0.2) is 48.7 Å². The van der Waals surface area contributed by atoms with Crippen LogP contribution in [0.5, 0.6) is 11.5 Å². The van der Waals surface area contributed by atoms with E-state index in [9.17, 15) is 10.1 Å². The molecule has 1 aliphatic rings. The summed E-state index contributed by atoms with van der Waals surface area (Å²) in [6.07, 6.45) is 3.79. The molecule has 208 valence electrons. The van der Waals surface area contributed by atoms with Gasteiger partial charge in [0.1, 0.15) is 23.7 Å². The molecule has 0 bridgehead atoms. The van der Waals surface area contributed by atoms with Crippen LogP contribution < -0.4 is 9.47 Å². The molecule has 0 aliphatic carbocycles. The first-order chi connectivity index (χ1) is 19.1. The molecule has 1 amide bonds. The maximum absolute atomic E-state index is 12.4. The van der Waals surface area contributed by atoms with E-state index in [4.69, 9.17) is 14.2 Å². The molecule has 1 fully saturated rings. The topological polar surface area (TPSA) is 84.7 Å². The molecule has 7 heteroatoms. The Morgan fingerprint density at radius 1 is 1.10 bits per heavy atom. The fourth-order valence-electron chi connectivity index (χ4n) is 5.16. The zero-order valence-electron chi connectivity index (χ0n) is 24.3. The fourth-order valence-corrected chi connectivity index (χ4v) is 5.16. The Hall–Kier alpha value is -4.15. The Kier molecular flexibility index (Phi) is 8.91. The Balaban J connectivity index is 1.65. The lowest BCUT2D eigenvalue weighted by Crippen LogP contribution is -2.41. The molecule has 0 radical (unpaired) electrons. The summed E-state index contributed by atoms with van der Waals surface area (Å²) in [5, 5.41) is 9.94.